The molecular formula is C56H57GeIrN3S-2. The maximum atomic E-state index is 8.80. The second-order valence-electron chi connectivity index (χ2n) is 19.1. The van der Waals surface area contributed by atoms with E-state index in [1.165, 1.54) is 42.4 Å². The number of pyridine rings is 1. The first-order valence-electron chi connectivity index (χ1n) is 23.2. The van der Waals surface area contributed by atoms with Crippen LogP contribution in [-0.4, -0.2) is 27.8 Å². The summed E-state index contributed by atoms with van der Waals surface area (Å²) in [6, 6.07) is 50.8. The molecule has 0 aliphatic rings. The molecule has 3 heterocycles. The Morgan fingerprint density at radius 1 is 0.790 bits per heavy atom. The van der Waals surface area contributed by atoms with Crippen LogP contribution in [0.1, 0.15) is 69.3 Å². The number of rotatable bonds is 6. The van der Waals surface area contributed by atoms with Crippen LogP contribution in [0.5, 0.6) is 0 Å². The molecule has 0 aliphatic carbocycles. The number of nitrogens with zero attached hydrogens (tertiary/aromatic N) is 3. The van der Waals surface area contributed by atoms with E-state index >= 15 is 0 Å². The summed E-state index contributed by atoms with van der Waals surface area (Å²) in [5.41, 5.74) is 11.5. The van der Waals surface area contributed by atoms with Gasteiger partial charge in [-0.3, -0.25) is 4.98 Å². The molecule has 1 radical (unpaired) electrons. The Hall–Kier alpha value is -4.65. The van der Waals surface area contributed by atoms with Gasteiger partial charge in [0.2, 0.25) is 0 Å². The molecule has 317 valence electrons. The zero-order valence-electron chi connectivity index (χ0n) is 41.4. The van der Waals surface area contributed by atoms with Crippen LogP contribution < -0.4 is 4.40 Å². The second-order valence-corrected chi connectivity index (χ2v) is 30.7. The smallest absolute Gasteiger partial charge is 0 e. The van der Waals surface area contributed by atoms with E-state index in [-0.39, 0.29) is 25.5 Å². The van der Waals surface area contributed by atoms with Crippen LogP contribution in [0.4, 0.5) is 0 Å². The van der Waals surface area contributed by atoms with Gasteiger partial charge in [0.25, 0.3) is 0 Å². The Balaban J connectivity index is 0.000000211. The van der Waals surface area contributed by atoms with Gasteiger partial charge in [0.1, 0.15) is 0 Å². The molecule has 0 spiro atoms. The molecule has 3 nitrogen and oxygen atoms in total. The van der Waals surface area contributed by atoms with Crippen molar-refractivity contribution in [1.82, 2.24) is 14.5 Å². The largest absolute Gasteiger partial charge is 0 e. The fraction of sp³-hybridized carbons (Fsp3) is 0.250. The SMILES string of the molecule is Cc1ccc2c(c1)sc1c(-c3nc4ccccc4n3-c3ccc(C(C)(C)C)cc3-c3ccccc3)[c-]ccc12.[2H]C([2H])c1c[c-]c(-c2cc(C([2H])([2H])C(C)(C)C)[c]([Ge]([CH3])([CH3])[CH3])cn2)cc1.[Ir]. The minimum Gasteiger partial charge on any atom is 0 e. The molecule has 0 saturated heterocycles. The summed E-state index contributed by atoms with van der Waals surface area (Å²) in [6.45, 7) is 13.7. The van der Waals surface area contributed by atoms with Gasteiger partial charge in [-0.05, 0) is 69.4 Å². The summed E-state index contributed by atoms with van der Waals surface area (Å²) < 4.78 is 38.5. The topological polar surface area (TPSA) is 30.7 Å². The van der Waals surface area contributed by atoms with Gasteiger partial charge in [0.15, 0.2) is 0 Å². The van der Waals surface area contributed by atoms with Gasteiger partial charge in [0, 0.05) is 36.1 Å². The Morgan fingerprint density at radius 2 is 1.53 bits per heavy atom. The number of thiophene rings is 1. The van der Waals surface area contributed by atoms with Crippen LogP contribution in [0.25, 0.3) is 70.7 Å². The van der Waals surface area contributed by atoms with E-state index in [0.29, 0.717) is 11.3 Å². The number of imidazole rings is 1. The van der Waals surface area contributed by atoms with Crippen LogP contribution in [0, 0.1) is 31.3 Å². The fourth-order valence-electron chi connectivity index (χ4n) is 7.80. The number of para-hydroxylation sites is 2. The molecule has 9 rings (SSSR count). The summed E-state index contributed by atoms with van der Waals surface area (Å²) in [4.78, 5) is 9.84. The molecule has 0 saturated carbocycles. The van der Waals surface area contributed by atoms with Crippen molar-refractivity contribution in [2.75, 3.05) is 0 Å². The van der Waals surface area contributed by atoms with Crippen LogP contribution in [-0.2, 0) is 31.9 Å². The van der Waals surface area contributed by atoms with Crippen molar-refractivity contribution < 1.29 is 25.6 Å². The predicted octanol–water partition coefficient (Wildman–Crippen LogP) is 15.1. The molecule has 6 aromatic carbocycles. The van der Waals surface area contributed by atoms with Crippen molar-refractivity contribution in [3.63, 3.8) is 0 Å². The number of aromatic nitrogens is 3. The van der Waals surface area contributed by atoms with Gasteiger partial charge < -0.3 is 4.57 Å². The molecule has 0 amide bonds. The average molecular weight is 1070 g/mol. The van der Waals surface area contributed by atoms with Gasteiger partial charge in [0.05, 0.1) is 16.9 Å². The van der Waals surface area contributed by atoms with E-state index in [2.05, 4.69) is 164 Å². The fourth-order valence-corrected chi connectivity index (χ4v) is 12.0. The summed E-state index contributed by atoms with van der Waals surface area (Å²) in [5, 5.41) is 2.55. The van der Waals surface area contributed by atoms with E-state index in [9.17, 15) is 0 Å². The molecule has 0 atom stereocenters. The molecule has 0 N–H and O–H groups in total. The van der Waals surface area contributed by atoms with Crippen LogP contribution in [0.2, 0.25) is 17.3 Å². The summed E-state index contributed by atoms with van der Waals surface area (Å²) >= 11 is -0.486. The van der Waals surface area contributed by atoms with E-state index in [0.717, 1.165) is 43.6 Å². The molecule has 6 heteroatoms. The molecule has 62 heavy (non-hydrogen) atoms. The van der Waals surface area contributed by atoms with Crippen LogP contribution in [0.15, 0.2) is 134 Å². The zero-order chi connectivity index (χ0) is 46.6. The minimum absolute atomic E-state index is 0. The molecule has 9 aromatic rings. The third-order valence-electron chi connectivity index (χ3n) is 10.9. The molecule has 3 aromatic heterocycles. The summed E-state index contributed by atoms with van der Waals surface area (Å²) in [7, 11) is 0. The van der Waals surface area contributed by atoms with Crippen molar-refractivity contribution in [3.8, 4) is 39.5 Å². The van der Waals surface area contributed by atoms with E-state index in [1.807, 2.05) is 56.5 Å². The monoisotopic (exact) mass is 1070 g/mol. The van der Waals surface area contributed by atoms with Crippen molar-refractivity contribution in [3.05, 3.63) is 168 Å². The minimum atomic E-state index is -2.32. The molecular weight excluding hydrogens is 1010 g/mol. The summed E-state index contributed by atoms with van der Waals surface area (Å²) in [5.74, 6) is 7.68. The number of hydrogen-bond acceptors (Lipinski definition) is 3. The predicted molar refractivity (Wildman–Crippen MR) is 266 cm³/mol. The van der Waals surface area contributed by atoms with E-state index in [1.54, 1.807) is 12.1 Å². The number of benzene rings is 6. The van der Waals surface area contributed by atoms with E-state index in [4.69, 9.17) is 10.5 Å². The molecule has 0 bridgehead atoms. The Morgan fingerprint density at radius 3 is 2.23 bits per heavy atom. The van der Waals surface area contributed by atoms with Crippen molar-refractivity contribution in [2.24, 2.45) is 5.41 Å². The first-order valence-corrected chi connectivity index (χ1v) is 29.2. The normalized spacial score (nSPS) is 13.3. The molecule has 0 aliphatic heterocycles. The van der Waals surface area contributed by atoms with Gasteiger partial charge >= 0.3 is 144 Å². The maximum absolute atomic E-state index is 8.80. The van der Waals surface area contributed by atoms with Crippen LogP contribution >= 0.6 is 11.3 Å². The Labute approximate surface area is 395 Å². The average Bonchev–Trinajstić information content (AvgIpc) is 3.84. The Bertz CT molecular complexity index is 3170. The quantitative estimate of drug-likeness (QED) is 0.123. The second kappa shape index (κ2) is 17.8. The third kappa shape index (κ3) is 9.62. The first kappa shape index (κ1) is 40.1. The number of hydrogen-bond donors (Lipinski definition) is 0. The first-order chi connectivity index (χ1) is 30.6. The van der Waals surface area contributed by atoms with Crippen molar-refractivity contribution in [1.29, 1.82) is 0 Å². The van der Waals surface area contributed by atoms with Crippen molar-refractivity contribution in [2.45, 2.75) is 84.4 Å². The van der Waals surface area contributed by atoms with Crippen LogP contribution in [0.3, 0.4) is 0 Å². The molecule has 0 unspecified atom stereocenters. The zero-order valence-corrected chi connectivity index (χ0v) is 42.7. The molecule has 0 fully saturated rings. The maximum Gasteiger partial charge on any atom is 0 e. The standard InChI is InChI=1S/C36H29N2S.C20H28GeN.Ir/c1-23-17-19-26-27-13-10-14-28(34(27)39-33(26)21-23)35-37-30-15-8-9-16-32(30)38(35)31-20-18-25(36(2,3)4)22-29(31)24-11-6-5-7-12-24;1-15-8-10-16(11-9-15)19-12-17(13-20(2,3)4)18(14-22-19)21(5,6)7;/h5-13,15-22H,1-4H3;8-10,12,14H,13H2,1-7H3;/q2*-1;/i;1D2,13D2;. The number of fused-ring (bicyclic) bond motifs is 4. The Kier molecular flexibility index (Phi) is 11.6. The summed E-state index contributed by atoms with van der Waals surface area (Å²) in [6.07, 6.45) is 0.375. The van der Waals surface area contributed by atoms with Gasteiger partial charge in [-0.2, -0.15) is 11.3 Å². The number of aryl methyl sites for hydroxylation is 2. The van der Waals surface area contributed by atoms with Crippen molar-refractivity contribution >= 4 is 60.2 Å². The van der Waals surface area contributed by atoms with Gasteiger partial charge in [-0.15, -0.1) is 18.2 Å². The third-order valence-corrected chi connectivity index (χ3v) is 16.3. The van der Waals surface area contributed by atoms with Gasteiger partial charge in [-0.1, -0.05) is 92.4 Å². The van der Waals surface area contributed by atoms with E-state index < -0.39 is 31.9 Å². The van der Waals surface area contributed by atoms with Gasteiger partial charge in [-0.25, -0.2) is 0 Å².